The van der Waals surface area contributed by atoms with Gasteiger partial charge in [0.15, 0.2) is 6.61 Å². The van der Waals surface area contributed by atoms with Gasteiger partial charge in [0.1, 0.15) is 5.75 Å². The average Bonchev–Trinajstić information content (AvgIpc) is 3.44. The van der Waals surface area contributed by atoms with E-state index in [1.54, 1.807) is 25.4 Å². The molecule has 0 saturated carbocycles. The number of methoxy groups -OCH3 is 1. The number of nitrogens with one attached hydrogen (secondary N) is 2. The van der Waals surface area contributed by atoms with E-state index >= 15 is 0 Å². The lowest BCUT2D eigenvalue weighted by atomic mass is 10.1. The second kappa shape index (κ2) is 8.89. The van der Waals surface area contributed by atoms with E-state index in [0.717, 1.165) is 22.0 Å². The molecule has 0 saturated heterocycles. The fourth-order valence-electron chi connectivity index (χ4n) is 3.46. The molecule has 0 bridgehead atoms. The predicted molar refractivity (Wildman–Crippen MR) is 121 cm³/mol. The van der Waals surface area contributed by atoms with Crippen LogP contribution in [0.5, 0.6) is 5.75 Å². The van der Waals surface area contributed by atoms with Gasteiger partial charge in [-0.05, 0) is 54.6 Å². The van der Waals surface area contributed by atoms with Crippen molar-refractivity contribution in [3.05, 3.63) is 72.6 Å². The van der Waals surface area contributed by atoms with E-state index in [2.05, 4.69) is 15.0 Å². The number of ether oxygens (including phenoxy) is 2. The van der Waals surface area contributed by atoms with Crippen LogP contribution in [0, 0.1) is 0 Å². The van der Waals surface area contributed by atoms with Crippen molar-refractivity contribution >= 4 is 26.9 Å². The van der Waals surface area contributed by atoms with Crippen LogP contribution in [-0.2, 0) is 26.1 Å². The monoisotopic (exact) mass is 453 g/mol. The van der Waals surface area contributed by atoms with Crippen LogP contribution in [0.15, 0.2) is 71.9 Å². The summed E-state index contributed by atoms with van der Waals surface area (Å²) in [5.74, 6) is -0.294. The molecule has 2 aromatic carbocycles. The molecule has 0 spiro atoms. The van der Waals surface area contributed by atoms with Crippen LogP contribution >= 0.6 is 0 Å². The van der Waals surface area contributed by atoms with Crippen molar-refractivity contribution in [2.75, 3.05) is 20.8 Å². The van der Waals surface area contributed by atoms with Crippen molar-refractivity contribution in [2.24, 2.45) is 0 Å². The first kappa shape index (κ1) is 21.7. The summed E-state index contributed by atoms with van der Waals surface area (Å²) < 4.78 is 38.4. The van der Waals surface area contributed by atoms with Gasteiger partial charge in [0.25, 0.3) is 10.0 Å². The number of H-pyrrole nitrogens is 1. The third-order valence-electron chi connectivity index (χ3n) is 5.02. The molecule has 32 heavy (non-hydrogen) atoms. The first-order chi connectivity index (χ1) is 15.4. The molecular weight excluding hydrogens is 430 g/mol. The number of aromatic nitrogens is 2. The molecule has 0 aliphatic carbocycles. The smallest absolute Gasteiger partial charge is 0.343 e. The van der Waals surface area contributed by atoms with Gasteiger partial charge in [0, 0.05) is 35.9 Å². The number of hydrogen-bond donors (Lipinski definition) is 2. The van der Waals surface area contributed by atoms with Gasteiger partial charge in [-0.2, -0.15) is 0 Å². The summed E-state index contributed by atoms with van der Waals surface area (Å²) in [4.78, 5) is 14.5. The maximum Gasteiger partial charge on any atom is 0.343 e. The Morgan fingerprint density at radius 1 is 1.12 bits per heavy atom. The number of aromatic amines is 1. The molecule has 0 fully saturated rings. The molecule has 2 N–H and O–H groups in total. The van der Waals surface area contributed by atoms with Gasteiger partial charge in [-0.3, -0.25) is 0 Å². The summed E-state index contributed by atoms with van der Waals surface area (Å²) in [6, 6.07) is 15.6. The third kappa shape index (κ3) is 4.25. The molecule has 2 heterocycles. The number of carbonyl (C=O) groups is 1. The normalized spacial score (nSPS) is 11.6. The van der Waals surface area contributed by atoms with Crippen molar-refractivity contribution in [3.63, 3.8) is 0 Å². The van der Waals surface area contributed by atoms with E-state index < -0.39 is 16.0 Å². The zero-order valence-electron chi connectivity index (χ0n) is 17.7. The first-order valence-corrected chi connectivity index (χ1v) is 11.3. The van der Waals surface area contributed by atoms with Gasteiger partial charge in [-0.15, -0.1) is 0 Å². The largest absolute Gasteiger partial charge is 0.482 e. The fourth-order valence-corrected chi connectivity index (χ4v) is 4.89. The maximum atomic E-state index is 13.6. The highest BCUT2D eigenvalue weighted by atomic mass is 32.2. The fraction of sp³-hybridized carbons (Fsp3) is 0.174. The van der Waals surface area contributed by atoms with Crippen LogP contribution in [0.3, 0.4) is 0 Å². The Morgan fingerprint density at radius 3 is 2.75 bits per heavy atom. The Labute approximate surface area is 185 Å². The highest BCUT2D eigenvalue weighted by molar-refractivity contribution is 7.90. The Morgan fingerprint density at radius 2 is 1.97 bits per heavy atom. The van der Waals surface area contributed by atoms with Crippen molar-refractivity contribution in [2.45, 2.75) is 11.4 Å². The summed E-state index contributed by atoms with van der Waals surface area (Å²) in [5, 5.41) is 4.04. The Hall–Kier alpha value is -3.56. The summed E-state index contributed by atoms with van der Waals surface area (Å²) in [6.07, 6.45) is 3.46. The van der Waals surface area contributed by atoms with E-state index in [0.29, 0.717) is 12.2 Å². The Bertz CT molecular complexity index is 1370. The molecule has 8 nitrogen and oxygen atoms in total. The molecule has 0 radical (unpaired) electrons. The molecule has 4 aromatic rings. The zero-order valence-corrected chi connectivity index (χ0v) is 18.5. The number of fused-ring (bicyclic) bond motifs is 1. The number of hydrogen-bond acceptors (Lipinski definition) is 6. The molecule has 0 aliphatic heterocycles. The predicted octanol–water partition coefficient (Wildman–Crippen LogP) is 3.14. The zero-order chi connectivity index (χ0) is 22.7. The molecular formula is C23H23N3O5S. The van der Waals surface area contributed by atoms with Crippen LogP contribution in [0.4, 0.5) is 0 Å². The van der Waals surface area contributed by atoms with Crippen LogP contribution in [-0.4, -0.2) is 44.1 Å². The van der Waals surface area contributed by atoms with Crippen LogP contribution < -0.4 is 10.1 Å². The number of esters is 1. The molecule has 0 amide bonds. The maximum absolute atomic E-state index is 13.6. The van der Waals surface area contributed by atoms with Gasteiger partial charge >= 0.3 is 5.97 Å². The van der Waals surface area contributed by atoms with Gasteiger partial charge in [-0.25, -0.2) is 17.2 Å². The molecule has 0 unspecified atom stereocenters. The van der Waals surface area contributed by atoms with E-state index in [1.807, 2.05) is 36.5 Å². The molecule has 166 valence electrons. The Kier molecular flexibility index (Phi) is 6.02. The highest BCUT2D eigenvalue weighted by Crippen LogP contribution is 2.30. The van der Waals surface area contributed by atoms with E-state index in [-0.39, 0.29) is 17.3 Å². The van der Waals surface area contributed by atoms with Gasteiger partial charge in [-0.1, -0.05) is 12.1 Å². The highest BCUT2D eigenvalue weighted by Gasteiger charge is 2.23. The number of benzene rings is 2. The summed E-state index contributed by atoms with van der Waals surface area (Å²) in [5.41, 5.74) is 3.14. The van der Waals surface area contributed by atoms with Crippen LogP contribution in [0.2, 0.25) is 0 Å². The van der Waals surface area contributed by atoms with Crippen LogP contribution in [0.1, 0.15) is 5.56 Å². The van der Waals surface area contributed by atoms with Crippen molar-refractivity contribution in [1.82, 2.24) is 14.3 Å². The average molecular weight is 454 g/mol. The minimum absolute atomic E-state index is 0.0513. The molecule has 0 atom stereocenters. The lowest BCUT2D eigenvalue weighted by Crippen LogP contribution is -2.15. The lowest BCUT2D eigenvalue weighted by molar-refractivity contribution is -0.142. The lowest BCUT2D eigenvalue weighted by Gasteiger charge is -2.12. The topological polar surface area (TPSA) is 102 Å². The number of nitrogens with zero attached hydrogens (tertiary/aromatic N) is 1. The first-order valence-electron chi connectivity index (χ1n) is 9.91. The second-order valence-corrected chi connectivity index (χ2v) is 9.00. The number of rotatable bonds is 8. The molecule has 9 heteroatoms. The van der Waals surface area contributed by atoms with E-state index in [9.17, 15) is 13.2 Å². The second-order valence-electron chi connectivity index (χ2n) is 7.18. The number of carbonyl (C=O) groups excluding carboxylic acids is 1. The minimum Gasteiger partial charge on any atom is -0.482 e. The molecule has 4 rings (SSSR count). The van der Waals surface area contributed by atoms with Gasteiger partial charge < -0.3 is 19.8 Å². The molecule has 0 aliphatic rings. The summed E-state index contributed by atoms with van der Waals surface area (Å²) in [7, 11) is -0.874. The quantitative estimate of drug-likeness (QED) is 0.398. The van der Waals surface area contributed by atoms with Gasteiger partial charge in [0.05, 0.1) is 17.7 Å². The van der Waals surface area contributed by atoms with Crippen molar-refractivity contribution in [1.29, 1.82) is 0 Å². The van der Waals surface area contributed by atoms with Crippen molar-refractivity contribution in [3.8, 4) is 17.0 Å². The molecule has 2 aromatic heterocycles. The minimum atomic E-state index is -3.94. The Balaban J connectivity index is 1.77. The van der Waals surface area contributed by atoms with Crippen molar-refractivity contribution < 1.29 is 22.7 Å². The SMILES string of the molecule is CNCc1cc(-c2ccc3[nH]ccc3c2)n(S(=O)(=O)c2cccc(OCC(=O)OC)c2)c1. The summed E-state index contributed by atoms with van der Waals surface area (Å²) >= 11 is 0. The summed E-state index contributed by atoms with van der Waals surface area (Å²) in [6.45, 7) is 0.210. The standard InChI is InChI=1S/C23H23N3O5S/c1-24-13-16-10-22(18-6-7-21-17(11-18)8-9-25-21)26(14-16)32(28,29)20-5-3-4-19(12-20)31-15-23(27)30-2/h3-12,14,24-25H,13,15H2,1-2H3. The third-order valence-corrected chi connectivity index (χ3v) is 6.69. The van der Waals surface area contributed by atoms with E-state index in [1.165, 1.54) is 23.2 Å². The van der Waals surface area contributed by atoms with Crippen LogP contribution in [0.25, 0.3) is 22.2 Å². The van der Waals surface area contributed by atoms with Gasteiger partial charge in [0.2, 0.25) is 0 Å². The van der Waals surface area contributed by atoms with E-state index in [4.69, 9.17) is 4.74 Å².